The van der Waals surface area contributed by atoms with Gasteiger partial charge in [-0.25, -0.2) is 4.98 Å². The van der Waals surface area contributed by atoms with Crippen molar-refractivity contribution in [3.8, 4) is 0 Å². The van der Waals surface area contributed by atoms with Gasteiger partial charge in [-0.1, -0.05) is 0 Å². The van der Waals surface area contributed by atoms with Crippen LogP contribution in [-0.2, 0) is 13.1 Å². The van der Waals surface area contributed by atoms with Gasteiger partial charge in [0.2, 0.25) is 0 Å². The van der Waals surface area contributed by atoms with E-state index in [-0.39, 0.29) is 0 Å². The molecule has 0 aromatic carbocycles. The van der Waals surface area contributed by atoms with E-state index in [1.54, 1.807) is 11.3 Å². The first kappa shape index (κ1) is 17.5. The van der Waals surface area contributed by atoms with Gasteiger partial charge in [-0.3, -0.25) is 9.67 Å². The van der Waals surface area contributed by atoms with Gasteiger partial charge >= 0.3 is 0 Å². The Kier molecular flexibility index (Phi) is 6.15. The second-order valence-corrected chi connectivity index (χ2v) is 6.75. The molecule has 2 aromatic heterocycles. The van der Waals surface area contributed by atoms with Crippen molar-refractivity contribution in [3.63, 3.8) is 0 Å². The molecule has 0 bridgehead atoms. The highest BCUT2D eigenvalue weighted by atomic mass is 32.1. The summed E-state index contributed by atoms with van der Waals surface area (Å²) in [6.45, 7) is 8.69. The summed E-state index contributed by atoms with van der Waals surface area (Å²) in [6, 6.07) is 2.11. The lowest BCUT2D eigenvalue weighted by Crippen LogP contribution is -2.39. The Morgan fingerprint density at radius 1 is 1.39 bits per heavy atom. The highest BCUT2D eigenvalue weighted by Crippen LogP contribution is 2.09. The summed E-state index contributed by atoms with van der Waals surface area (Å²) in [6.07, 6.45) is 1.00. The lowest BCUT2D eigenvalue weighted by Gasteiger charge is -2.21. The number of nitrogens with zero attached hydrogens (tertiary/aromatic N) is 5. The first-order valence-electron chi connectivity index (χ1n) is 7.83. The normalized spacial score (nSPS) is 11.8. The molecule has 0 radical (unpaired) electrons. The van der Waals surface area contributed by atoms with E-state index >= 15 is 0 Å². The molecule has 6 nitrogen and oxygen atoms in total. The van der Waals surface area contributed by atoms with Crippen molar-refractivity contribution in [1.82, 2.24) is 25.0 Å². The number of guanidine groups is 1. The molecular weight excluding hydrogens is 308 g/mol. The van der Waals surface area contributed by atoms with Crippen molar-refractivity contribution >= 4 is 17.3 Å². The fourth-order valence-corrected chi connectivity index (χ4v) is 3.12. The van der Waals surface area contributed by atoms with Crippen LogP contribution in [0, 0.1) is 20.8 Å². The monoisotopic (exact) mass is 334 g/mol. The van der Waals surface area contributed by atoms with Gasteiger partial charge in [0.05, 0.1) is 22.9 Å². The van der Waals surface area contributed by atoms with Crippen molar-refractivity contribution in [2.75, 3.05) is 20.6 Å². The van der Waals surface area contributed by atoms with Gasteiger partial charge in [0, 0.05) is 38.3 Å². The van der Waals surface area contributed by atoms with E-state index in [9.17, 15) is 0 Å². The van der Waals surface area contributed by atoms with Crippen molar-refractivity contribution in [2.24, 2.45) is 4.99 Å². The van der Waals surface area contributed by atoms with Crippen LogP contribution in [0.1, 0.15) is 28.5 Å². The third kappa shape index (κ3) is 5.06. The summed E-state index contributed by atoms with van der Waals surface area (Å²) in [4.78, 5) is 10.9. The number of hydrogen-bond acceptors (Lipinski definition) is 4. The van der Waals surface area contributed by atoms with E-state index in [4.69, 9.17) is 0 Å². The smallest absolute Gasteiger partial charge is 0.193 e. The highest BCUT2D eigenvalue weighted by Gasteiger charge is 2.08. The van der Waals surface area contributed by atoms with Gasteiger partial charge in [-0.05, 0) is 33.3 Å². The van der Waals surface area contributed by atoms with Crippen LogP contribution >= 0.6 is 11.3 Å². The lowest BCUT2D eigenvalue weighted by molar-refractivity contribution is 0.465. The maximum atomic E-state index is 4.50. The van der Waals surface area contributed by atoms with Crippen molar-refractivity contribution in [3.05, 3.63) is 33.5 Å². The van der Waals surface area contributed by atoms with Gasteiger partial charge in [0.1, 0.15) is 0 Å². The van der Waals surface area contributed by atoms with E-state index in [1.165, 1.54) is 5.69 Å². The molecule has 2 rings (SSSR count). The summed E-state index contributed by atoms with van der Waals surface area (Å²) in [5, 5.41) is 11.1. The average Bonchev–Trinajstić information content (AvgIpc) is 3.04. The van der Waals surface area contributed by atoms with Gasteiger partial charge < -0.3 is 10.2 Å². The van der Waals surface area contributed by atoms with Gasteiger partial charge in [-0.2, -0.15) is 5.10 Å². The number of rotatable bonds is 6. The molecule has 2 aromatic rings. The molecule has 0 saturated heterocycles. The maximum Gasteiger partial charge on any atom is 0.193 e. The van der Waals surface area contributed by atoms with Crippen LogP contribution in [-0.4, -0.2) is 46.3 Å². The summed E-state index contributed by atoms with van der Waals surface area (Å²) < 4.78 is 2.06. The Hall–Kier alpha value is -1.89. The van der Waals surface area contributed by atoms with Crippen LogP contribution in [0.25, 0.3) is 0 Å². The summed E-state index contributed by atoms with van der Waals surface area (Å²) >= 11 is 1.68. The third-order valence-corrected chi connectivity index (χ3v) is 4.39. The fourth-order valence-electron chi connectivity index (χ4n) is 2.51. The van der Waals surface area contributed by atoms with E-state index in [0.29, 0.717) is 0 Å². The lowest BCUT2D eigenvalue weighted by atomic mass is 10.4. The first-order valence-corrected chi connectivity index (χ1v) is 8.71. The number of thiazole rings is 1. The molecule has 23 heavy (non-hydrogen) atoms. The Morgan fingerprint density at radius 2 is 2.17 bits per heavy atom. The van der Waals surface area contributed by atoms with Crippen molar-refractivity contribution in [1.29, 1.82) is 0 Å². The number of aliphatic imine (C=N–C) groups is 1. The minimum atomic E-state index is 0.765. The van der Waals surface area contributed by atoms with Crippen LogP contribution in [0.2, 0.25) is 0 Å². The molecule has 0 atom stereocenters. The predicted molar refractivity (Wildman–Crippen MR) is 96.0 cm³/mol. The molecule has 2 heterocycles. The van der Waals surface area contributed by atoms with Crippen LogP contribution < -0.4 is 5.32 Å². The van der Waals surface area contributed by atoms with E-state index in [1.807, 2.05) is 27.9 Å². The second kappa shape index (κ2) is 8.10. The molecule has 0 aliphatic rings. The van der Waals surface area contributed by atoms with Gasteiger partial charge in [0.25, 0.3) is 0 Å². The zero-order valence-corrected chi connectivity index (χ0v) is 15.4. The number of nitrogens with one attached hydrogen (secondary N) is 1. The topological polar surface area (TPSA) is 58.3 Å². The minimum absolute atomic E-state index is 0.765. The molecule has 0 spiro atoms. The van der Waals surface area contributed by atoms with E-state index < -0.39 is 0 Å². The number of aryl methyl sites for hydroxylation is 4. The number of aromatic nitrogens is 3. The molecule has 0 fully saturated rings. The molecular formula is C16H26N6S. The van der Waals surface area contributed by atoms with Crippen molar-refractivity contribution < 1.29 is 0 Å². The van der Waals surface area contributed by atoms with Crippen LogP contribution in [0.15, 0.2) is 16.4 Å². The maximum absolute atomic E-state index is 4.50. The number of hydrogen-bond donors (Lipinski definition) is 1. The van der Waals surface area contributed by atoms with Gasteiger partial charge in [-0.15, -0.1) is 11.3 Å². The molecule has 0 aliphatic carbocycles. The third-order valence-electron chi connectivity index (χ3n) is 3.57. The fraction of sp³-hybridized carbons (Fsp3) is 0.562. The summed E-state index contributed by atoms with van der Waals surface area (Å²) in [7, 11) is 3.84. The SMILES string of the molecule is CN=C(NCCCn1nc(C)cc1C)N(C)Cc1csc(C)n1. The summed E-state index contributed by atoms with van der Waals surface area (Å²) in [5.74, 6) is 0.893. The molecule has 0 aliphatic heterocycles. The molecule has 0 unspecified atom stereocenters. The second-order valence-electron chi connectivity index (χ2n) is 5.69. The zero-order valence-electron chi connectivity index (χ0n) is 14.6. The Labute approximate surface area is 142 Å². The first-order chi connectivity index (χ1) is 11.0. The van der Waals surface area contributed by atoms with Crippen LogP contribution in [0.3, 0.4) is 0 Å². The zero-order chi connectivity index (χ0) is 16.8. The Balaban J connectivity index is 1.77. The predicted octanol–water partition coefficient (Wildman–Crippen LogP) is 2.36. The highest BCUT2D eigenvalue weighted by molar-refractivity contribution is 7.09. The van der Waals surface area contributed by atoms with Crippen LogP contribution in [0.5, 0.6) is 0 Å². The molecule has 0 saturated carbocycles. The summed E-state index contributed by atoms with van der Waals surface area (Å²) in [5.41, 5.74) is 3.37. The molecule has 7 heteroatoms. The molecule has 1 N–H and O–H groups in total. The molecule has 126 valence electrons. The largest absolute Gasteiger partial charge is 0.356 e. The standard InChI is InChI=1S/C16H26N6S/c1-12-9-13(2)22(20-12)8-6-7-18-16(17-4)21(5)10-15-11-23-14(3)19-15/h9,11H,6-8,10H2,1-5H3,(H,17,18). The molecule has 0 amide bonds. The quantitative estimate of drug-likeness (QED) is 0.500. The van der Waals surface area contributed by atoms with Crippen LogP contribution in [0.4, 0.5) is 0 Å². The Morgan fingerprint density at radius 3 is 2.74 bits per heavy atom. The van der Waals surface area contributed by atoms with E-state index in [0.717, 1.165) is 48.4 Å². The average molecular weight is 334 g/mol. The minimum Gasteiger partial charge on any atom is -0.356 e. The van der Waals surface area contributed by atoms with Crippen molar-refractivity contribution in [2.45, 2.75) is 40.3 Å². The van der Waals surface area contributed by atoms with Gasteiger partial charge in [0.15, 0.2) is 5.96 Å². The van der Waals surface area contributed by atoms with E-state index in [2.05, 4.69) is 48.3 Å². The Bertz CT molecular complexity index is 657.